The largest absolute Gasteiger partial charge is 0.485 e. The van der Waals surface area contributed by atoms with E-state index in [9.17, 15) is 22.0 Å². The third kappa shape index (κ3) is 7.76. The van der Waals surface area contributed by atoms with Gasteiger partial charge in [-0.25, -0.2) is 8.78 Å². The van der Waals surface area contributed by atoms with Gasteiger partial charge in [-0.15, -0.1) is 0 Å². The van der Waals surface area contributed by atoms with Crippen molar-refractivity contribution in [1.82, 2.24) is 0 Å². The van der Waals surface area contributed by atoms with Crippen LogP contribution >= 0.6 is 0 Å². The molecule has 0 aliphatic carbocycles. The summed E-state index contributed by atoms with van der Waals surface area (Å²) < 4.78 is 86.6. The zero-order valence-corrected chi connectivity index (χ0v) is 24.4. The van der Waals surface area contributed by atoms with Crippen molar-refractivity contribution in [2.45, 2.75) is 63.8 Å². The quantitative estimate of drug-likeness (QED) is 0.172. The summed E-state index contributed by atoms with van der Waals surface area (Å²) in [5.41, 5.74) is 0.885. The Balaban J connectivity index is 1.43. The Hall–Kier alpha value is -3.95. The van der Waals surface area contributed by atoms with Crippen LogP contribution in [0.2, 0.25) is 0 Å². The molecule has 0 amide bonds. The van der Waals surface area contributed by atoms with Gasteiger partial charge in [-0.1, -0.05) is 60.7 Å². The van der Waals surface area contributed by atoms with E-state index in [0.717, 1.165) is 34.5 Å². The van der Waals surface area contributed by atoms with Gasteiger partial charge in [0.15, 0.2) is 0 Å². The summed E-state index contributed by atoms with van der Waals surface area (Å²) in [4.78, 5) is 0. The fraction of sp³-hybridized carbons (Fsp3) is 0.314. The number of hydrogen-bond donors (Lipinski definition) is 1. The van der Waals surface area contributed by atoms with Crippen LogP contribution in [0.1, 0.15) is 59.8 Å². The maximum absolute atomic E-state index is 13.5. The van der Waals surface area contributed by atoms with Crippen molar-refractivity contribution in [3.05, 3.63) is 130 Å². The van der Waals surface area contributed by atoms with Crippen LogP contribution in [-0.4, -0.2) is 18.3 Å². The van der Waals surface area contributed by atoms with Crippen molar-refractivity contribution in [1.29, 1.82) is 0 Å². The van der Waals surface area contributed by atoms with Gasteiger partial charge in [0.2, 0.25) is 0 Å². The van der Waals surface area contributed by atoms with Gasteiger partial charge in [0.05, 0.1) is 18.8 Å². The number of fused-ring (bicyclic) bond motifs is 1. The minimum atomic E-state index is -4.78. The van der Waals surface area contributed by atoms with Crippen LogP contribution in [0.5, 0.6) is 5.75 Å². The first-order chi connectivity index (χ1) is 21.0. The molecule has 2 unspecified atom stereocenters. The molecule has 4 nitrogen and oxygen atoms in total. The summed E-state index contributed by atoms with van der Waals surface area (Å²) in [7, 11) is 0. The lowest BCUT2D eigenvalue weighted by atomic mass is 9.87. The van der Waals surface area contributed by atoms with Crippen molar-refractivity contribution >= 4 is 5.69 Å². The van der Waals surface area contributed by atoms with Gasteiger partial charge >= 0.3 is 6.18 Å². The third-order valence-corrected chi connectivity index (χ3v) is 7.54. The molecule has 2 atom stereocenters. The van der Waals surface area contributed by atoms with Crippen LogP contribution < -0.4 is 10.1 Å². The molecular formula is C35H34F5NO3. The maximum atomic E-state index is 13.5. The smallest absolute Gasteiger partial charge is 0.416 e. The Morgan fingerprint density at radius 2 is 1.50 bits per heavy atom. The molecule has 0 saturated heterocycles. The molecule has 44 heavy (non-hydrogen) atoms. The molecule has 0 spiro atoms. The summed E-state index contributed by atoms with van der Waals surface area (Å²) >= 11 is 0. The Labute approximate surface area is 253 Å². The molecule has 1 heterocycles. The Morgan fingerprint density at radius 1 is 0.818 bits per heavy atom. The molecule has 0 saturated carbocycles. The third-order valence-electron chi connectivity index (χ3n) is 7.54. The second-order valence-corrected chi connectivity index (χ2v) is 11.3. The van der Waals surface area contributed by atoms with E-state index in [1.54, 1.807) is 0 Å². The molecule has 5 rings (SSSR count). The van der Waals surface area contributed by atoms with Gasteiger partial charge in [0.1, 0.15) is 23.6 Å². The highest BCUT2D eigenvalue weighted by atomic mass is 19.4. The van der Waals surface area contributed by atoms with Gasteiger partial charge in [0, 0.05) is 23.4 Å². The standard InChI is InChI=1S/C35H34F5NO3/c1-34(2)32(43-22-25-17-26(33(36)37)19-27(18-25)35(38,39)40)31(42-16-15-23-9-5-3-6-10-23)29-20-28(13-14-30(29)44-34)41-21-24-11-7-4-8-12-24/h3-14,17-20,31-33,41H,15-16,21-22H2,1-2H3. The predicted molar refractivity (Wildman–Crippen MR) is 159 cm³/mol. The van der Waals surface area contributed by atoms with E-state index in [0.29, 0.717) is 31.4 Å². The molecule has 232 valence electrons. The Kier molecular flexibility index (Phi) is 9.56. The molecule has 1 N–H and O–H groups in total. The lowest BCUT2D eigenvalue weighted by Gasteiger charge is -2.44. The number of hydrogen-bond acceptors (Lipinski definition) is 4. The molecule has 0 fully saturated rings. The average molecular weight is 612 g/mol. The van der Waals surface area contributed by atoms with Crippen molar-refractivity contribution < 1.29 is 36.2 Å². The number of nitrogens with one attached hydrogen (secondary N) is 1. The van der Waals surface area contributed by atoms with Gasteiger partial charge in [-0.3, -0.25) is 0 Å². The van der Waals surface area contributed by atoms with Gasteiger partial charge < -0.3 is 19.5 Å². The summed E-state index contributed by atoms with van der Waals surface area (Å²) in [6.45, 7) is 4.21. The lowest BCUT2D eigenvalue weighted by molar-refractivity contribution is -0.167. The molecule has 0 aromatic heterocycles. The summed E-state index contributed by atoms with van der Waals surface area (Å²) in [6, 6.07) is 27.8. The Bertz CT molecular complexity index is 1530. The monoisotopic (exact) mass is 611 g/mol. The minimum absolute atomic E-state index is 0.0157. The number of alkyl halides is 5. The normalized spacial score (nSPS) is 17.6. The molecule has 4 aromatic rings. The predicted octanol–water partition coefficient (Wildman–Crippen LogP) is 9.31. The fourth-order valence-electron chi connectivity index (χ4n) is 5.33. The van der Waals surface area contributed by atoms with Crippen LogP contribution in [0, 0.1) is 0 Å². The van der Waals surface area contributed by atoms with Crippen molar-refractivity contribution in [2.24, 2.45) is 0 Å². The first-order valence-corrected chi connectivity index (χ1v) is 14.4. The minimum Gasteiger partial charge on any atom is -0.485 e. The second kappa shape index (κ2) is 13.4. The Morgan fingerprint density at radius 3 is 2.16 bits per heavy atom. The fourth-order valence-corrected chi connectivity index (χ4v) is 5.33. The number of rotatable bonds is 11. The van der Waals surface area contributed by atoms with E-state index in [-0.39, 0.29) is 12.2 Å². The van der Waals surface area contributed by atoms with Gasteiger partial charge in [0.25, 0.3) is 6.43 Å². The van der Waals surface area contributed by atoms with Gasteiger partial charge in [-0.05, 0) is 73.4 Å². The lowest BCUT2D eigenvalue weighted by Crippen LogP contribution is -2.51. The highest BCUT2D eigenvalue weighted by molar-refractivity contribution is 5.54. The molecule has 0 bridgehead atoms. The molecule has 1 aliphatic rings. The molecule has 9 heteroatoms. The van der Waals surface area contributed by atoms with Crippen LogP contribution in [0.4, 0.5) is 27.6 Å². The van der Waals surface area contributed by atoms with E-state index < -0.39 is 41.5 Å². The van der Waals surface area contributed by atoms with Gasteiger partial charge in [-0.2, -0.15) is 13.2 Å². The topological polar surface area (TPSA) is 39.7 Å². The van der Waals surface area contributed by atoms with Crippen LogP contribution in [0.15, 0.2) is 97.1 Å². The zero-order chi connectivity index (χ0) is 31.3. The molecule has 1 aliphatic heterocycles. The number of anilines is 1. The van der Waals surface area contributed by atoms with E-state index in [2.05, 4.69) is 5.32 Å². The van der Waals surface area contributed by atoms with Crippen molar-refractivity contribution in [3.8, 4) is 5.75 Å². The zero-order valence-electron chi connectivity index (χ0n) is 24.4. The van der Waals surface area contributed by atoms with E-state index in [1.165, 1.54) is 0 Å². The summed E-state index contributed by atoms with van der Waals surface area (Å²) in [6.07, 6.45) is -8.65. The highest BCUT2D eigenvalue weighted by Crippen LogP contribution is 2.45. The maximum Gasteiger partial charge on any atom is 0.416 e. The number of benzene rings is 4. The number of halogens is 5. The SMILES string of the molecule is CC1(C)Oc2ccc(NCc3ccccc3)cc2C(OCCc2ccccc2)C1OCc1cc(C(F)F)cc(C(F)(F)F)c1. The van der Waals surface area contributed by atoms with Crippen molar-refractivity contribution in [3.63, 3.8) is 0 Å². The van der Waals surface area contributed by atoms with Crippen molar-refractivity contribution in [2.75, 3.05) is 11.9 Å². The van der Waals surface area contributed by atoms with Crippen LogP contribution in [0.25, 0.3) is 0 Å². The summed E-state index contributed by atoms with van der Waals surface area (Å²) in [5, 5.41) is 3.41. The van der Waals surface area contributed by atoms with Crippen LogP contribution in [-0.2, 0) is 35.2 Å². The first-order valence-electron chi connectivity index (χ1n) is 14.4. The molecular weight excluding hydrogens is 577 g/mol. The molecule has 0 radical (unpaired) electrons. The number of ether oxygens (including phenoxy) is 3. The highest BCUT2D eigenvalue weighted by Gasteiger charge is 2.46. The second-order valence-electron chi connectivity index (χ2n) is 11.3. The van der Waals surface area contributed by atoms with Crippen LogP contribution in [0.3, 0.4) is 0 Å². The first kappa shape index (κ1) is 31.5. The average Bonchev–Trinajstić information content (AvgIpc) is 2.99. The molecule has 4 aromatic carbocycles. The van der Waals surface area contributed by atoms with E-state index >= 15 is 0 Å². The summed E-state index contributed by atoms with van der Waals surface area (Å²) in [5.74, 6) is 0.601. The van der Waals surface area contributed by atoms with E-state index in [4.69, 9.17) is 14.2 Å². The van der Waals surface area contributed by atoms with E-state index in [1.807, 2.05) is 92.7 Å².